The lowest BCUT2D eigenvalue weighted by Gasteiger charge is -2.57. The third-order valence-corrected chi connectivity index (χ3v) is 9.71. The minimum atomic E-state index is -3.61. The van der Waals surface area contributed by atoms with Crippen LogP contribution in [0.15, 0.2) is 53.4 Å². The third-order valence-electron chi connectivity index (χ3n) is 7.85. The molecule has 4 aliphatic carbocycles. The second-order valence-electron chi connectivity index (χ2n) is 10.3. The molecule has 1 N–H and O–H groups in total. The van der Waals surface area contributed by atoms with E-state index in [1.165, 1.54) is 48.4 Å². The standard InChI is InChI=1S/C26H32N2O3S2/c1-32-24-5-3-4-22(13-24)27-25(29)17-28(33(2,30)31)23-8-6-21(7-9-23)26-14-18-10-19(15-26)12-20(11-18)16-26/h3-9,13,18-20H,10-12,14-17H2,1-2H3,(H,27,29). The summed E-state index contributed by atoms with van der Waals surface area (Å²) in [6.07, 6.45) is 11.1. The molecule has 0 aromatic heterocycles. The van der Waals surface area contributed by atoms with Crippen LogP contribution >= 0.6 is 11.8 Å². The number of hydrogen-bond donors (Lipinski definition) is 1. The van der Waals surface area contributed by atoms with E-state index in [2.05, 4.69) is 17.4 Å². The SMILES string of the molecule is CSc1cccc(NC(=O)CN(c2ccc(C34CC5CC(CC(C5)C3)C4)cc2)S(C)(=O)=O)c1. The van der Waals surface area contributed by atoms with Crippen molar-refractivity contribution in [1.29, 1.82) is 0 Å². The summed E-state index contributed by atoms with van der Waals surface area (Å²) in [4.78, 5) is 13.7. The lowest BCUT2D eigenvalue weighted by Crippen LogP contribution is -2.48. The van der Waals surface area contributed by atoms with Crippen molar-refractivity contribution >= 4 is 39.1 Å². The molecule has 1 amide bonds. The summed E-state index contributed by atoms with van der Waals surface area (Å²) in [6.45, 7) is -0.251. The highest BCUT2D eigenvalue weighted by molar-refractivity contribution is 7.98. The molecule has 0 atom stereocenters. The lowest BCUT2D eigenvalue weighted by molar-refractivity contribution is -0.114. The number of benzene rings is 2. The number of rotatable bonds is 7. The molecule has 7 heteroatoms. The van der Waals surface area contributed by atoms with Gasteiger partial charge in [-0.2, -0.15) is 0 Å². The minimum Gasteiger partial charge on any atom is -0.324 e. The Morgan fingerprint density at radius 2 is 1.64 bits per heavy atom. The minimum absolute atomic E-state index is 0.251. The average Bonchev–Trinajstić information content (AvgIpc) is 2.76. The first kappa shape index (κ1) is 22.8. The van der Waals surface area contributed by atoms with E-state index in [-0.39, 0.29) is 17.9 Å². The van der Waals surface area contributed by atoms with Gasteiger partial charge in [-0.3, -0.25) is 9.10 Å². The van der Waals surface area contributed by atoms with Gasteiger partial charge in [0.05, 0.1) is 11.9 Å². The number of hydrogen-bond acceptors (Lipinski definition) is 4. The van der Waals surface area contributed by atoms with Gasteiger partial charge < -0.3 is 5.32 Å². The number of nitrogens with zero attached hydrogens (tertiary/aromatic N) is 1. The van der Waals surface area contributed by atoms with Crippen LogP contribution in [0.5, 0.6) is 0 Å². The second kappa shape index (κ2) is 8.66. The number of carbonyl (C=O) groups is 1. The Hall–Kier alpha value is -1.99. The molecule has 2 aromatic rings. The summed E-state index contributed by atoms with van der Waals surface area (Å²) in [5.74, 6) is 2.22. The number of anilines is 2. The molecular formula is C26H32N2O3S2. The molecule has 4 bridgehead atoms. The Kier molecular flexibility index (Phi) is 5.98. The maximum Gasteiger partial charge on any atom is 0.245 e. The van der Waals surface area contributed by atoms with Crippen LogP contribution in [0, 0.1) is 17.8 Å². The third kappa shape index (κ3) is 4.67. The summed E-state index contributed by atoms with van der Waals surface area (Å²) in [5, 5.41) is 2.83. The van der Waals surface area contributed by atoms with Gasteiger partial charge in [0.1, 0.15) is 6.54 Å². The Labute approximate surface area is 201 Å². The fourth-order valence-electron chi connectivity index (χ4n) is 6.88. The van der Waals surface area contributed by atoms with Crippen LogP contribution in [0.3, 0.4) is 0 Å². The summed E-state index contributed by atoms with van der Waals surface area (Å²) in [7, 11) is -3.61. The van der Waals surface area contributed by atoms with Crippen LogP contribution in [0.1, 0.15) is 44.1 Å². The first-order valence-corrected chi connectivity index (χ1v) is 14.8. The summed E-state index contributed by atoms with van der Waals surface area (Å²) < 4.78 is 26.3. The van der Waals surface area contributed by atoms with Crippen molar-refractivity contribution < 1.29 is 13.2 Å². The molecule has 0 saturated heterocycles. The highest BCUT2D eigenvalue weighted by Crippen LogP contribution is 2.60. The Morgan fingerprint density at radius 3 is 2.18 bits per heavy atom. The van der Waals surface area contributed by atoms with Gasteiger partial charge in [0.25, 0.3) is 0 Å². The van der Waals surface area contributed by atoms with Crippen molar-refractivity contribution in [2.75, 3.05) is 28.7 Å². The lowest BCUT2D eigenvalue weighted by atomic mass is 9.48. The molecule has 0 spiro atoms. The van der Waals surface area contributed by atoms with E-state index < -0.39 is 10.0 Å². The zero-order chi connectivity index (χ0) is 23.2. The molecule has 0 aliphatic heterocycles. The monoisotopic (exact) mass is 484 g/mol. The normalized spacial score (nSPS) is 28.0. The van der Waals surface area contributed by atoms with Crippen molar-refractivity contribution in [3.8, 4) is 0 Å². The number of thioether (sulfide) groups is 1. The predicted molar refractivity (Wildman–Crippen MR) is 135 cm³/mol. The Bertz CT molecular complexity index is 1110. The topological polar surface area (TPSA) is 66.5 Å². The van der Waals surface area contributed by atoms with Crippen LogP contribution in [0.25, 0.3) is 0 Å². The van der Waals surface area contributed by atoms with Crippen molar-refractivity contribution in [3.05, 3.63) is 54.1 Å². The van der Waals surface area contributed by atoms with Crippen LogP contribution in [-0.4, -0.2) is 33.4 Å². The van der Waals surface area contributed by atoms with Gasteiger partial charge in [-0.15, -0.1) is 11.8 Å². The maximum absolute atomic E-state index is 12.7. The first-order valence-electron chi connectivity index (χ1n) is 11.8. The Balaban J connectivity index is 1.34. The largest absolute Gasteiger partial charge is 0.324 e. The number of amides is 1. The van der Waals surface area contributed by atoms with Gasteiger partial charge in [-0.05, 0) is 104 Å². The average molecular weight is 485 g/mol. The molecular weight excluding hydrogens is 452 g/mol. The smallest absolute Gasteiger partial charge is 0.245 e. The molecule has 0 radical (unpaired) electrons. The van der Waals surface area contributed by atoms with Crippen LogP contribution in [-0.2, 0) is 20.2 Å². The van der Waals surface area contributed by atoms with E-state index >= 15 is 0 Å². The molecule has 176 valence electrons. The summed E-state index contributed by atoms with van der Waals surface area (Å²) >= 11 is 1.59. The molecule has 4 fully saturated rings. The fraction of sp³-hybridized carbons (Fsp3) is 0.500. The summed E-state index contributed by atoms with van der Waals surface area (Å²) in [5.41, 5.74) is 2.82. The van der Waals surface area contributed by atoms with E-state index in [1.807, 2.05) is 42.7 Å². The number of carbonyl (C=O) groups excluding carboxylic acids is 1. The molecule has 5 nitrogen and oxygen atoms in total. The van der Waals surface area contributed by atoms with Gasteiger partial charge in [0.15, 0.2) is 0 Å². The van der Waals surface area contributed by atoms with Gasteiger partial charge in [-0.25, -0.2) is 8.42 Å². The van der Waals surface area contributed by atoms with E-state index in [9.17, 15) is 13.2 Å². The first-order chi connectivity index (χ1) is 15.7. The molecule has 4 aliphatic rings. The van der Waals surface area contributed by atoms with E-state index in [1.54, 1.807) is 11.8 Å². The summed E-state index contributed by atoms with van der Waals surface area (Å²) in [6, 6.07) is 15.5. The van der Waals surface area contributed by atoms with Crippen molar-refractivity contribution in [3.63, 3.8) is 0 Å². The molecule has 0 heterocycles. The van der Waals surface area contributed by atoms with E-state index in [0.29, 0.717) is 11.4 Å². The van der Waals surface area contributed by atoms with Crippen molar-refractivity contribution in [2.24, 2.45) is 17.8 Å². The maximum atomic E-state index is 12.7. The number of sulfonamides is 1. The van der Waals surface area contributed by atoms with Crippen LogP contribution in [0.4, 0.5) is 11.4 Å². The fourth-order valence-corrected chi connectivity index (χ4v) is 8.19. The van der Waals surface area contributed by atoms with Gasteiger partial charge in [-0.1, -0.05) is 18.2 Å². The van der Waals surface area contributed by atoms with Crippen molar-refractivity contribution in [2.45, 2.75) is 48.8 Å². The molecule has 0 unspecified atom stereocenters. The molecule has 4 saturated carbocycles. The van der Waals surface area contributed by atoms with E-state index in [4.69, 9.17) is 0 Å². The zero-order valence-electron chi connectivity index (χ0n) is 19.3. The molecule has 6 rings (SSSR count). The highest BCUT2D eigenvalue weighted by Gasteiger charge is 2.51. The van der Waals surface area contributed by atoms with Crippen LogP contribution in [0.2, 0.25) is 0 Å². The predicted octanol–water partition coefficient (Wildman–Crippen LogP) is 5.28. The van der Waals surface area contributed by atoms with Crippen molar-refractivity contribution in [1.82, 2.24) is 0 Å². The molecule has 33 heavy (non-hydrogen) atoms. The molecule has 2 aromatic carbocycles. The second-order valence-corrected chi connectivity index (χ2v) is 13.1. The van der Waals surface area contributed by atoms with E-state index in [0.717, 1.165) is 28.9 Å². The van der Waals surface area contributed by atoms with Crippen LogP contribution < -0.4 is 9.62 Å². The zero-order valence-corrected chi connectivity index (χ0v) is 20.9. The van der Waals surface area contributed by atoms with Gasteiger partial charge >= 0.3 is 0 Å². The Morgan fingerprint density at radius 1 is 1.03 bits per heavy atom. The van der Waals surface area contributed by atoms with Gasteiger partial charge in [0.2, 0.25) is 15.9 Å². The van der Waals surface area contributed by atoms with Gasteiger partial charge in [0, 0.05) is 10.6 Å². The number of nitrogens with one attached hydrogen (secondary N) is 1. The quantitative estimate of drug-likeness (QED) is 0.543. The highest BCUT2D eigenvalue weighted by atomic mass is 32.2.